The highest BCUT2D eigenvalue weighted by Gasteiger charge is 2.33. The molecule has 0 unspecified atom stereocenters. The molecular weight excluding hydrogens is 379 g/mol. The molecule has 4 aromatic rings. The van der Waals surface area contributed by atoms with Crippen LogP contribution in [0, 0.1) is 5.82 Å². The van der Waals surface area contributed by atoms with Gasteiger partial charge in [0.25, 0.3) is 0 Å². The van der Waals surface area contributed by atoms with Crippen molar-refractivity contribution in [3.8, 4) is 11.5 Å². The van der Waals surface area contributed by atoms with Gasteiger partial charge in [-0.2, -0.15) is 0 Å². The Morgan fingerprint density at radius 1 is 1.10 bits per heavy atom. The summed E-state index contributed by atoms with van der Waals surface area (Å²) >= 11 is 0. The number of aromatic amines is 1. The van der Waals surface area contributed by atoms with Crippen molar-refractivity contribution in [3.63, 3.8) is 0 Å². The number of aromatic hydroxyl groups is 1. The molecule has 0 fully saturated rings. The standard InChI is InChI=1S/C25H23FN2O2/c1-30-23-11-10-16(14-22(23)29)15-28-13-12-18-17-6-3-5-9-21(17)27-24(18)25(28)19-7-2-4-8-20(19)26/h2-11,14,25,27,29H,12-13,15H2,1H3/t25-/m1/s1. The first-order valence-electron chi connectivity index (χ1n) is 10.1. The molecule has 0 radical (unpaired) electrons. The predicted octanol–water partition coefficient (Wildman–Crippen LogP) is 5.17. The summed E-state index contributed by atoms with van der Waals surface area (Å²) in [6.45, 7) is 1.38. The minimum Gasteiger partial charge on any atom is -0.504 e. The number of phenolic OH excluding ortho intramolecular Hbond substituents is 1. The molecule has 152 valence electrons. The normalized spacial score (nSPS) is 16.5. The second kappa shape index (κ2) is 7.50. The summed E-state index contributed by atoms with van der Waals surface area (Å²) < 4.78 is 20.1. The molecule has 1 aliphatic rings. The SMILES string of the molecule is COc1ccc(CN2CCc3c([nH]c4ccccc34)[C@H]2c2ccccc2F)cc1O. The van der Waals surface area contributed by atoms with Gasteiger partial charge < -0.3 is 14.8 Å². The number of fused-ring (bicyclic) bond motifs is 3. The van der Waals surface area contributed by atoms with Crippen molar-refractivity contribution in [1.82, 2.24) is 9.88 Å². The van der Waals surface area contributed by atoms with Crippen LogP contribution in [0.3, 0.4) is 0 Å². The summed E-state index contributed by atoms with van der Waals surface area (Å²) in [6.07, 6.45) is 0.881. The highest BCUT2D eigenvalue weighted by atomic mass is 19.1. The van der Waals surface area contributed by atoms with Crippen molar-refractivity contribution < 1.29 is 14.2 Å². The number of hydrogen-bond acceptors (Lipinski definition) is 3. The van der Waals surface area contributed by atoms with Crippen LogP contribution in [-0.2, 0) is 13.0 Å². The van der Waals surface area contributed by atoms with Crippen molar-refractivity contribution in [2.75, 3.05) is 13.7 Å². The Morgan fingerprint density at radius 3 is 2.70 bits per heavy atom. The number of para-hydroxylation sites is 1. The van der Waals surface area contributed by atoms with Crippen LogP contribution in [0.25, 0.3) is 10.9 Å². The molecule has 0 amide bonds. The number of halogens is 1. The van der Waals surface area contributed by atoms with Gasteiger partial charge in [-0.1, -0.05) is 42.5 Å². The third kappa shape index (κ3) is 3.12. The summed E-state index contributed by atoms with van der Waals surface area (Å²) in [5.41, 5.74) is 4.99. The van der Waals surface area contributed by atoms with E-state index in [1.165, 1.54) is 24.1 Å². The average Bonchev–Trinajstić information content (AvgIpc) is 3.13. The second-order valence-corrected chi connectivity index (χ2v) is 7.71. The molecule has 30 heavy (non-hydrogen) atoms. The zero-order chi connectivity index (χ0) is 20.7. The van der Waals surface area contributed by atoms with Crippen LogP contribution in [0.1, 0.15) is 28.4 Å². The van der Waals surface area contributed by atoms with Crippen LogP contribution >= 0.6 is 0 Å². The maximum Gasteiger partial charge on any atom is 0.160 e. The van der Waals surface area contributed by atoms with Gasteiger partial charge in [0.2, 0.25) is 0 Å². The molecule has 1 aromatic heterocycles. The van der Waals surface area contributed by atoms with Gasteiger partial charge in [0.15, 0.2) is 11.5 Å². The van der Waals surface area contributed by atoms with Crippen molar-refractivity contribution in [2.45, 2.75) is 19.0 Å². The number of hydrogen-bond donors (Lipinski definition) is 2. The molecule has 4 nitrogen and oxygen atoms in total. The van der Waals surface area contributed by atoms with Gasteiger partial charge in [-0.3, -0.25) is 4.90 Å². The molecule has 2 N–H and O–H groups in total. The van der Waals surface area contributed by atoms with E-state index >= 15 is 0 Å². The number of benzene rings is 3. The van der Waals surface area contributed by atoms with Gasteiger partial charge in [-0.15, -0.1) is 0 Å². The van der Waals surface area contributed by atoms with E-state index in [9.17, 15) is 9.50 Å². The zero-order valence-corrected chi connectivity index (χ0v) is 16.7. The van der Waals surface area contributed by atoms with Crippen LogP contribution in [0.4, 0.5) is 4.39 Å². The van der Waals surface area contributed by atoms with Crippen molar-refractivity contribution >= 4 is 10.9 Å². The predicted molar refractivity (Wildman–Crippen MR) is 115 cm³/mol. The fourth-order valence-electron chi connectivity index (χ4n) is 4.58. The van der Waals surface area contributed by atoms with Gasteiger partial charge in [0, 0.05) is 35.2 Å². The van der Waals surface area contributed by atoms with Gasteiger partial charge >= 0.3 is 0 Å². The number of methoxy groups -OCH3 is 1. The number of nitrogens with zero attached hydrogens (tertiary/aromatic N) is 1. The summed E-state index contributed by atoms with van der Waals surface area (Å²) in [6, 6.07) is 20.4. The van der Waals surface area contributed by atoms with Crippen LogP contribution in [-0.4, -0.2) is 28.6 Å². The van der Waals surface area contributed by atoms with Crippen molar-refractivity contribution in [2.24, 2.45) is 0 Å². The lowest BCUT2D eigenvalue weighted by atomic mass is 9.91. The highest BCUT2D eigenvalue weighted by Crippen LogP contribution is 2.40. The zero-order valence-electron chi connectivity index (χ0n) is 16.7. The maximum atomic E-state index is 14.9. The molecule has 0 saturated carbocycles. The highest BCUT2D eigenvalue weighted by molar-refractivity contribution is 5.85. The molecule has 0 bridgehead atoms. The van der Waals surface area contributed by atoms with E-state index in [-0.39, 0.29) is 17.6 Å². The van der Waals surface area contributed by atoms with Crippen molar-refractivity contribution in [3.05, 3.63) is 94.9 Å². The first-order chi connectivity index (χ1) is 14.7. The van der Waals surface area contributed by atoms with Crippen LogP contribution < -0.4 is 4.74 Å². The Kier molecular flexibility index (Phi) is 4.68. The molecule has 1 aliphatic heterocycles. The molecule has 1 atom stereocenters. The smallest absolute Gasteiger partial charge is 0.160 e. The number of rotatable bonds is 4. The Morgan fingerprint density at radius 2 is 1.90 bits per heavy atom. The second-order valence-electron chi connectivity index (χ2n) is 7.71. The Labute approximate surface area is 174 Å². The quantitative estimate of drug-likeness (QED) is 0.495. The molecule has 2 heterocycles. The number of H-pyrrole nitrogens is 1. The van der Waals surface area contributed by atoms with E-state index in [0.29, 0.717) is 17.9 Å². The number of ether oxygens (including phenoxy) is 1. The Bertz CT molecular complexity index is 1220. The molecular formula is C25H23FN2O2. The monoisotopic (exact) mass is 402 g/mol. The number of phenols is 1. The lowest BCUT2D eigenvalue weighted by Gasteiger charge is -2.36. The van der Waals surface area contributed by atoms with E-state index in [4.69, 9.17) is 4.74 Å². The first kappa shape index (κ1) is 18.7. The van der Waals surface area contributed by atoms with E-state index in [2.05, 4.69) is 22.0 Å². The summed E-state index contributed by atoms with van der Waals surface area (Å²) in [7, 11) is 1.53. The molecule has 5 heteroatoms. The molecule has 0 aliphatic carbocycles. The average molecular weight is 402 g/mol. The molecule has 5 rings (SSSR count). The fraction of sp³-hybridized carbons (Fsp3) is 0.200. The lowest BCUT2D eigenvalue weighted by Crippen LogP contribution is -2.36. The minimum atomic E-state index is -0.230. The topological polar surface area (TPSA) is 48.5 Å². The largest absolute Gasteiger partial charge is 0.504 e. The third-order valence-electron chi connectivity index (χ3n) is 5.96. The number of nitrogens with one attached hydrogen (secondary N) is 1. The van der Waals surface area contributed by atoms with Gasteiger partial charge in [-0.05, 0) is 41.8 Å². The van der Waals surface area contributed by atoms with Crippen molar-refractivity contribution in [1.29, 1.82) is 0 Å². The van der Waals surface area contributed by atoms with Gasteiger partial charge in [0.05, 0.1) is 13.2 Å². The van der Waals surface area contributed by atoms with Gasteiger partial charge in [0.1, 0.15) is 5.82 Å². The van der Waals surface area contributed by atoms with E-state index in [1.54, 1.807) is 18.2 Å². The fourth-order valence-corrected chi connectivity index (χ4v) is 4.58. The van der Waals surface area contributed by atoms with Crippen LogP contribution in [0.15, 0.2) is 66.7 Å². The summed E-state index contributed by atoms with van der Waals surface area (Å²) in [4.78, 5) is 5.82. The lowest BCUT2D eigenvalue weighted by molar-refractivity contribution is 0.198. The van der Waals surface area contributed by atoms with E-state index < -0.39 is 0 Å². The first-order valence-corrected chi connectivity index (χ1v) is 10.1. The van der Waals surface area contributed by atoms with E-state index in [0.717, 1.165) is 29.7 Å². The van der Waals surface area contributed by atoms with Crippen LogP contribution in [0.2, 0.25) is 0 Å². The minimum absolute atomic E-state index is 0.112. The van der Waals surface area contributed by atoms with E-state index in [1.807, 2.05) is 30.3 Å². The number of aromatic nitrogens is 1. The summed E-state index contributed by atoms with van der Waals surface area (Å²) in [5.74, 6) is 0.346. The summed E-state index contributed by atoms with van der Waals surface area (Å²) in [5, 5.41) is 11.4. The van der Waals surface area contributed by atoms with Gasteiger partial charge in [-0.25, -0.2) is 4.39 Å². The third-order valence-corrected chi connectivity index (χ3v) is 5.96. The molecule has 0 spiro atoms. The molecule has 0 saturated heterocycles. The maximum absolute atomic E-state index is 14.9. The van der Waals surface area contributed by atoms with Crippen LogP contribution in [0.5, 0.6) is 11.5 Å². The Hall–Kier alpha value is -3.31. The molecule has 3 aromatic carbocycles. The Balaban J connectivity index is 1.60.